The molecule has 1 fully saturated rings. The lowest BCUT2D eigenvalue weighted by atomic mass is 10.0. The summed E-state index contributed by atoms with van der Waals surface area (Å²) in [7, 11) is 1.60. The average molecular weight is 459 g/mol. The predicted octanol–water partition coefficient (Wildman–Crippen LogP) is 3.36. The first-order chi connectivity index (χ1) is 16.5. The molecule has 4 rings (SSSR count). The Kier molecular flexibility index (Phi) is 7.01. The molecule has 1 heterocycles. The molecule has 0 unspecified atom stereocenters. The van der Waals surface area contributed by atoms with Crippen molar-refractivity contribution in [2.45, 2.75) is 13.5 Å². The lowest BCUT2D eigenvalue weighted by molar-refractivity contribution is 0.0950. The van der Waals surface area contributed by atoms with Crippen LogP contribution in [0.5, 0.6) is 5.75 Å². The lowest BCUT2D eigenvalue weighted by Crippen LogP contribution is -2.47. The first-order valence-electron chi connectivity index (χ1n) is 11.4. The molecule has 1 saturated heterocycles. The Bertz CT molecular complexity index is 1190. The van der Waals surface area contributed by atoms with Crippen LogP contribution in [-0.2, 0) is 6.54 Å². The van der Waals surface area contributed by atoms with Gasteiger partial charge in [-0.15, -0.1) is 0 Å². The van der Waals surface area contributed by atoms with Crippen molar-refractivity contribution in [2.75, 3.05) is 43.1 Å². The maximum Gasteiger partial charge on any atom is 0.251 e. The van der Waals surface area contributed by atoms with E-state index in [0.29, 0.717) is 23.4 Å². The standard InChI is InChI=1S/C27H30N4O3/c1-19-7-3-5-9-23(19)30-13-15-31(16-14-30)24-12-11-20(17-22(24)26(28)32)27(33)29-18-21-8-4-6-10-25(21)34-2/h3-12,17H,13-16,18H2,1-2H3,(H2,28,32)(H,29,33). The number of ether oxygens (including phenoxy) is 1. The van der Waals surface area contributed by atoms with Gasteiger partial charge < -0.3 is 25.6 Å². The zero-order chi connectivity index (χ0) is 24.1. The summed E-state index contributed by atoms with van der Waals surface area (Å²) in [6, 6.07) is 21.0. The quantitative estimate of drug-likeness (QED) is 0.567. The van der Waals surface area contributed by atoms with E-state index in [1.807, 2.05) is 36.4 Å². The van der Waals surface area contributed by atoms with Crippen LogP contribution in [0.1, 0.15) is 31.8 Å². The van der Waals surface area contributed by atoms with E-state index in [9.17, 15) is 9.59 Å². The number of methoxy groups -OCH3 is 1. The number of anilines is 2. The second-order valence-corrected chi connectivity index (χ2v) is 8.35. The molecule has 3 N–H and O–H groups in total. The molecule has 0 aromatic heterocycles. The SMILES string of the molecule is COc1ccccc1CNC(=O)c1ccc(N2CCN(c3ccccc3C)CC2)c(C(N)=O)c1. The Labute approximate surface area is 200 Å². The molecule has 0 spiro atoms. The molecule has 0 atom stereocenters. The fourth-order valence-corrected chi connectivity index (χ4v) is 4.38. The zero-order valence-corrected chi connectivity index (χ0v) is 19.6. The third-order valence-corrected chi connectivity index (χ3v) is 6.23. The van der Waals surface area contributed by atoms with Gasteiger partial charge in [-0.3, -0.25) is 9.59 Å². The molecule has 0 aliphatic carbocycles. The topological polar surface area (TPSA) is 87.9 Å². The number of amides is 2. The summed E-state index contributed by atoms with van der Waals surface area (Å²) in [6.07, 6.45) is 0. The van der Waals surface area contributed by atoms with Crippen LogP contribution in [0.3, 0.4) is 0 Å². The largest absolute Gasteiger partial charge is 0.496 e. The number of aryl methyl sites for hydroxylation is 1. The van der Waals surface area contributed by atoms with Gasteiger partial charge in [0, 0.05) is 55.2 Å². The van der Waals surface area contributed by atoms with Gasteiger partial charge in [0.1, 0.15) is 5.75 Å². The second-order valence-electron chi connectivity index (χ2n) is 8.35. The van der Waals surface area contributed by atoms with Crippen LogP contribution in [0, 0.1) is 6.92 Å². The Morgan fingerprint density at radius 2 is 1.56 bits per heavy atom. The van der Waals surface area contributed by atoms with Gasteiger partial charge in [-0.25, -0.2) is 0 Å². The molecule has 1 aliphatic rings. The molecule has 2 amide bonds. The van der Waals surface area contributed by atoms with E-state index in [1.54, 1.807) is 19.2 Å². The maximum absolute atomic E-state index is 12.8. The number of rotatable bonds is 7. The number of benzene rings is 3. The van der Waals surface area contributed by atoms with E-state index in [1.165, 1.54) is 11.3 Å². The van der Waals surface area contributed by atoms with E-state index < -0.39 is 5.91 Å². The van der Waals surface area contributed by atoms with Crippen molar-refractivity contribution in [3.05, 3.63) is 89.0 Å². The molecule has 176 valence electrons. The number of nitrogens with two attached hydrogens (primary N) is 1. The minimum atomic E-state index is -0.546. The van der Waals surface area contributed by atoms with Crippen LogP contribution in [0.4, 0.5) is 11.4 Å². The van der Waals surface area contributed by atoms with Gasteiger partial charge in [0.15, 0.2) is 0 Å². The number of primary amides is 1. The summed E-state index contributed by atoms with van der Waals surface area (Å²) in [6.45, 7) is 5.62. The van der Waals surface area contributed by atoms with Crippen molar-refractivity contribution in [1.82, 2.24) is 5.32 Å². The first-order valence-corrected chi connectivity index (χ1v) is 11.4. The minimum Gasteiger partial charge on any atom is -0.496 e. The number of para-hydroxylation sites is 2. The van der Waals surface area contributed by atoms with Crippen LogP contribution < -0.4 is 25.6 Å². The van der Waals surface area contributed by atoms with Crippen molar-refractivity contribution in [2.24, 2.45) is 5.73 Å². The van der Waals surface area contributed by atoms with Crippen LogP contribution in [-0.4, -0.2) is 45.1 Å². The number of hydrogen-bond donors (Lipinski definition) is 2. The number of hydrogen-bond acceptors (Lipinski definition) is 5. The highest BCUT2D eigenvalue weighted by Gasteiger charge is 2.23. The molecule has 0 radical (unpaired) electrons. The Balaban J connectivity index is 1.46. The smallest absolute Gasteiger partial charge is 0.251 e. The molecule has 34 heavy (non-hydrogen) atoms. The second kappa shape index (κ2) is 10.3. The number of nitrogens with one attached hydrogen (secondary N) is 1. The average Bonchev–Trinajstić information content (AvgIpc) is 2.87. The third-order valence-electron chi connectivity index (χ3n) is 6.23. The zero-order valence-electron chi connectivity index (χ0n) is 19.6. The van der Waals surface area contributed by atoms with Crippen molar-refractivity contribution in [1.29, 1.82) is 0 Å². The fourth-order valence-electron chi connectivity index (χ4n) is 4.38. The van der Waals surface area contributed by atoms with Crippen molar-refractivity contribution < 1.29 is 14.3 Å². The molecule has 0 saturated carbocycles. The van der Waals surface area contributed by atoms with Crippen molar-refractivity contribution >= 4 is 23.2 Å². The number of nitrogens with zero attached hydrogens (tertiary/aromatic N) is 2. The third kappa shape index (κ3) is 4.98. The normalized spacial score (nSPS) is 13.5. The predicted molar refractivity (Wildman–Crippen MR) is 135 cm³/mol. The fraction of sp³-hybridized carbons (Fsp3) is 0.259. The number of carbonyl (C=O) groups excluding carboxylic acids is 2. The summed E-state index contributed by atoms with van der Waals surface area (Å²) in [5.41, 5.74) is 10.6. The van der Waals surface area contributed by atoms with Gasteiger partial charge in [-0.05, 0) is 42.8 Å². The van der Waals surface area contributed by atoms with Crippen LogP contribution in [0.2, 0.25) is 0 Å². The van der Waals surface area contributed by atoms with Gasteiger partial charge in [-0.2, -0.15) is 0 Å². The molecular formula is C27H30N4O3. The molecule has 0 bridgehead atoms. The molecule has 7 heteroatoms. The van der Waals surface area contributed by atoms with Gasteiger partial charge in [-0.1, -0.05) is 36.4 Å². The summed E-state index contributed by atoms with van der Waals surface area (Å²) < 4.78 is 5.34. The maximum atomic E-state index is 12.8. The van der Waals surface area contributed by atoms with Crippen LogP contribution >= 0.6 is 0 Å². The van der Waals surface area contributed by atoms with Gasteiger partial charge in [0.25, 0.3) is 11.8 Å². The molecule has 7 nitrogen and oxygen atoms in total. The molecule has 3 aromatic rings. The van der Waals surface area contributed by atoms with E-state index in [-0.39, 0.29) is 5.91 Å². The molecule has 1 aliphatic heterocycles. The first kappa shape index (κ1) is 23.2. The number of carbonyl (C=O) groups is 2. The van der Waals surface area contributed by atoms with Crippen LogP contribution in [0.15, 0.2) is 66.7 Å². The highest BCUT2D eigenvalue weighted by Crippen LogP contribution is 2.26. The summed E-state index contributed by atoms with van der Waals surface area (Å²) in [5.74, 6) is -0.110. The van der Waals surface area contributed by atoms with E-state index in [2.05, 4.69) is 40.2 Å². The Morgan fingerprint density at radius 1 is 0.912 bits per heavy atom. The number of piperazine rings is 1. The summed E-state index contributed by atoms with van der Waals surface area (Å²) in [5, 5.41) is 2.89. The Hall–Kier alpha value is -4.00. The van der Waals surface area contributed by atoms with Gasteiger partial charge in [0.05, 0.1) is 12.7 Å². The summed E-state index contributed by atoms with van der Waals surface area (Å²) >= 11 is 0. The highest BCUT2D eigenvalue weighted by molar-refractivity contribution is 6.03. The minimum absolute atomic E-state index is 0.274. The Morgan fingerprint density at radius 3 is 2.24 bits per heavy atom. The van der Waals surface area contributed by atoms with Crippen molar-refractivity contribution in [3.63, 3.8) is 0 Å². The van der Waals surface area contributed by atoms with E-state index in [0.717, 1.165) is 37.4 Å². The molecule has 3 aromatic carbocycles. The monoisotopic (exact) mass is 458 g/mol. The van der Waals surface area contributed by atoms with Crippen molar-refractivity contribution in [3.8, 4) is 5.75 Å². The van der Waals surface area contributed by atoms with Crippen LogP contribution in [0.25, 0.3) is 0 Å². The van der Waals surface area contributed by atoms with Gasteiger partial charge >= 0.3 is 0 Å². The highest BCUT2D eigenvalue weighted by atomic mass is 16.5. The summed E-state index contributed by atoms with van der Waals surface area (Å²) in [4.78, 5) is 29.6. The molecular weight excluding hydrogens is 428 g/mol. The van der Waals surface area contributed by atoms with Gasteiger partial charge in [0.2, 0.25) is 0 Å². The van der Waals surface area contributed by atoms with E-state index >= 15 is 0 Å². The van der Waals surface area contributed by atoms with E-state index in [4.69, 9.17) is 10.5 Å². The lowest BCUT2D eigenvalue weighted by Gasteiger charge is -2.38.